The van der Waals surface area contributed by atoms with E-state index >= 15 is 0 Å². The third-order valence-corrected chi connectivity index (χ3v) is 6.05. The van der Waals surface area contributed by atoms with E-state index in [1.807, 2.05) is 0 Å². The quantitative estimate of drug-likeness (QED) is 0.619. The molecule has 1 heterocycles. The zero-order valence-corrected chi connectivity index (χ0v) is 16.9. The summed E-state index contributed by atoms with van der Waals surface area (Å²) in [7, 11) is 0. The van der Waals surface area contributed by atoms with Gasteiger partial charge in [-0.1, -0.05) is 29.3 Å². The number of carbonyl (C=O) groups is 2. The Morgan fingerprint density at radius 2 is 1.79 bits per heavy atom. The summed E-state index contributed by atoms with van der Waals surface area (Å²) in [6.07, 6.45) is 3.52. The average molecular weight is 436 g/mol. The molecule has 5 rings (SSSR count). The molecule has 0 spiro atoms. The maximum atomic E-state index is 12.4. The van der Waals surface area contributed by atoms with E-state index in [0.29, 0.717) is 46.3 Å². The summed E-state index contributed by atoms with van der Waals surface area (Å²) in [6, 6.07) is 8.07. The normalized spacial score (nSPS) is 24.1. The number of aliphatic hydroxyl groups excluding tert-OH is 1. The van der Waals surface area contributed by atoms with Crippen LogP contribution in [0.25, 0.3) is 0 Å². The zero-order chi connectivity index (χ0) is 20.6. The number of hydrogen-bond acceptors (Lipinski definition) is 5. The first kappa shape index (κ1) is 19.9. The smallest absolute Gasteiger partial charge is 0.270 e. The second kappa shape index (κ2) is 7.48. The van der Waals surface area contributed by atoms with Crippen LogP contribution in [0, 0.1) is 0 Å². The Bertz CT molecular complexity index is 945. The molecule has 2 amide bonds. The first-order valence-corrected chi connectivity index (χ1v) is 9.85. The minimum absolute atomic E-state index is 0.115. The highest BCUT2D eigenvalue weighted by atomic mass is 35.5. The molecule has 3 aliphatic carbocycles. The Balaban J connectivity index is 1.23. The summed E-state index contributed by atoms with van der Waals surface area (Å²) in [4.78, 5) is 28.6. The van der Waals surface area contributed by atoms with Crippen molar-refractivity contribution in [2.45, 2.75) is 36.9 Å². The molecular weight excluding hydrogens is 417 g/mol. The summed E-state index contributed by atoms with van der Waals surface area (Å²) >= 11 is 11.8. The minimum atomic E-state index is -0.285. The second-order valence-corrected chi connectivity index (χ2v) is 8.48. The number of nitrogens with one attached hydrogen (secondary N) is 2. The monoisotopic (exact) mass is 435 g/mol. The molecule has 29 heavy (non-hydrogen) atoms. The van der Waals surface area contributed by atoms with E-state index < -0.39 is 0 Å². The number of pyridine rings is 1. The molecule has 3 aliphatic rings. The first-order chi connectivity index (χ1) is 13.8. The second-order valence-electron chi connectivity index (χ2n) is 7.67. The Kier molecular flexibility index (Phi) is 5.14. The van der Waals surface area contributed by atoms with Gasteiger partial charge in [-0.25, -0.2) is 0 Å². The van der Waals surface area contributed by atoms with Gasteiger partial charge in [0.2, 0.25) is 0 Å². The van der Waals surface area contributed by atoms with Gasteiger partial charge in [-0.2, -0.15) is 0 Å². The molecule has 1 aromatic heterocycles. The van der Waals surface area contributed by atoms with Crippen LogP contribution in [0.5, 0.6) is 5.75 Å². The molecular formula is C20H19Cl2N3O4. The lowest BCUT2D eigenvalue weighted by Gasteiger charge is -2.70. The van der Waals surface area contributed by atoms with Crippen LogP contribution in [0.15, 0.2) is 36.5 Å². The van der Waals surface area contributed by atoms with E-state index in [9.17, 15) is 9.59 Å². The SMILES string of the molecule is O=C(COc1ccc(Cl)c(Cl)c1)NC12CC(NC(=O)c3ccc(CO)cn3)(C1)C2. The Morgan fingerprint density at radius 3 is 2.41 bits per heavy atom. The van der Waals surface area contributed by atoms with Crippen LogP contribution < -0.4 is 15.4 Å². The van der Waals surface area contributed by atoms with E-state index in [-0.39, 0.29) is 36.1 Å². The fraction of sp³-hybridized carbons (Fsp3) is 0.350. The number of amides is 2. The lowest BCUT2D eigenvalue weighted by atomic mass is 9.44. The summed E-state index contributed by atoms with van der Waals surface area (Å²) in [5.41, 5.74) is 0.392. The predicted molar refractivity (Wildman–Crippen MR) is 107 cm³/mol. The Morgan fingerprint density at radius 1 is 1.07 bits per heavy atom. The van der Waals surface area contributed by atoms with Crippen molar-refractivity contribution in [1.29, 1.82) is 0 Å². The summed E-state index contributed by atoms with van der Waals surface area (Å²) < 4.78 is 5.45. The number of aliphatic hydroxyl groups is 1. The van der Waals surface area contributed by atoms with E-state index in [4.69, 9.17) is 33.0 Å². The van der Waals surface area contributed by atoms with Gasteiger partial charge in [-0.3, -0.25) is 14.6 Å². The van der Waals surface area contributed by atoms with Gasteiger partial charge in [-0.05, 0) is 43.0 Å². The van der Waals surface area contributed by atoms with Crippen molar-refractivity contribution in [1.82, 2.24) is 15.6 Å². The molecule has 0 atom stereocenters. The molecule has 0 saturated heterocycles. The molecule has 1 aromatic carbocycles. The lowest BCUT2D eigenvalue weighted by molar-refractivity contribution is -0.141. The molecule has 7 nitrogen and oxygen atoms in total. The van der Waals surface area contributed by atoms with Gasteiger partial charge in [0.1, 0.15) is 11.4 Å². The molecule has 0 unspecified atom stereocenters. The van der Waals surface area contributed by atoms with Crippen molar-refractivity contribution in [3.05, 3.63) is 57.8 Å². The molecule has 0 aliphatic heterocycles. The van der Waals surface area contributed by atoms with E-state index in [1.54, 1.807) is 30.3 Å². The van der Waals surface area contributed by atoms with Crippen LogP contribution >= 0.6 is 23.2 Å². The summed E-state index contributed by atoms with van der Waals surface area (Å²) in [5, 5.41) is 15.8. The highest BCUT2D eigenvalue weighted by molar-refractivity contribution is 6.42. The Hall–Kier alpha value is -2.35. The number of carbonyl (C=O) groups excluding carboxylic acids is 2. The van der Waals surface area contributed by atoms with Crippen LogP contribution in [0.4, 0.5) is 0 Å². The van der Waals surface area contributed by atoms with Crippen molar-refractivity contribution in [2.24, 2.45) is 0 Å². The molecule has 3 fully saturated rings. The zero-order valence-electron chi connectivity index (χ0n) is 15.4. The van der Waals surface area contributed by atoms with Gasteiger partial charge in [0.05, 0.1) is 16.7 Å². The number of halogens is 2. The van der Waals surface area contributed by atoms with Gasteiger partial charge in [0, 0.05) is 23.3 Å². The molecule has 2 aromatic rings. The molecule has 152 valence electrons. The third-order valence-electron chi connectivity index (χ3n) is 5.31. The maximum Gasteiger partial charge on any atom is 0.270 e. The fourth-order valence-electron chi connectivity index (χ4n) is 4.06. The average Bonchev–Trinajstić information content (AvgIpc) is 2.66. The number of hydrogen-bond donors (Lipinski definition) is 3. The van der Waals surface area contributed by atoms with Crippen LogP contribution in [0.1, 0.15) is 35.3 Å². The van der Waals surface area contributed by atoms with Gasteiger partial charge in [0.25, 0.3) is 11.8 Å². The molecule has 0 radical (unpaired) electrons. The first-order valence-electron chi connectivity index (χ1n) is 9.09. The van der Waals surface area contributed by atoms with Gasteiger partial charge in [0.15, 0.2) is 6.61 Å². The standard InChI is InChI=1S/C20H19Cl2N3O4/c21-14-3-2-13(5-15(14)22)29-8-17(27)24-19-9-20(10-19,11-19)25-18(28)16-4-1-12(7-26)6-23-16/h1-6,26H,7-11H2,(H,24,27)(H,25,28). The Labute approximate surface area is 177 Å². The third kappa shape index (κ3) is 4.03. The topological polar surface area (TPSA) is 101 Å². The van der Waals surface area contributed by atoms with Crippen molar-refractivity contribution >= 4 is 35.0 Å². The minimum Gasteiger partial charge on any atom is -0.484 e. The number of benzene rings is 1. The largest absolute Gasteiger partial charge is 0.484 e. The van der Waals surface area contributed by atoms with Gasteiger partial charge in [-0.15, -0.1) is 0 Å². The van der Waals surface area contributed by atoms with Gasteiger partial charge < -0.3 is 20.5 Å². The van der Waals surface area contributed by atoms with Crippen molar-refractivity contribution < 1.29 is 19.4 Å². The number of aromatic nitrogens is 1. The van der Waals surface area contributed by atoms with Crippen molar-refractivity contribution in [2.75, 3.05) is 6.61 Å². The van der Waals surface area contributed by atoms with Crippen LogP contribution in [-0.2, 0) is 11.4 Å². The molecule has 3 N–H and O–H groups in total. The molecule has 2 bridgehead atoms. The number of ether oxygens (including phenoxy) is 1. The van der Waals surface area contributed by atoms with E-state index in [0.717, 1.165) is 0 Å². The van der Waals surface area contributed by atoms with Crippen LogP contribution in [0.2, 0.25) is 10.0 Å². The van der Waals surface area contributed by atoms with Crippen LogP contribution in [-0.4, -0.2) is 39.6 Å². The highest BCUT2D eigenvalue weighted by Crippen LogP contribution is 2.60. The van der Waals surface area contributed by atoms with E-state index in [1.165, 1.54) is 6.20 Å². The molecule has 3 saturated carbocycles. The van der Waals surface area contributed by atoms with E-state index in [2.05, 4.69) is 15.6 Å². The lowest BCUT2D eigenvalue weighted by Crippen LogP contribution is -2.84. The van der Waals surface area contributed by atoms with Gasteiger partial charge >= 0.3 is 0 Å². The summed E-state index contributed by atoms with van der Waals surface area (Å²) in [5.74, 6) is -0.00961. The number of nitrogens with zero attached hydrogens (tertiary/aromatic N) is 1. The fourth-order valence-corrected chi connectivity index (χ4v) is 4.35. The predicted octanol–water partition coefficient (Wildman–Crippen LogP) is 2.48. The summed E-state index contributed by atoms with van der Waals surface area (Å²) in [6.45, 7) is -0.240. The van der Waals surface area contributed by atoms with Crippen LogP contribution in [0.3, 0.4) is 0 Å². The van der Waals surface area contributed by atoms with Crippen molar-refractivity contribution in [3.8, 4) is 5.75 Å². The maximum absolute atomic E-state index is 12.4. The van der Waals surface area contributed by atoms with Crippen molar-refractivity contribution in [3.63, 3.8) is 0 Å². The molecule has 9 heteroatoms. The number of rotatable bonds is 7. The highest BCUT2D eigenvalue weighted by Gasteiger charge is 2.69.